The predicted molar refractivity (Wildman–Crippen MR) is 93.9 cm³/mol. The molecule has 2 aromatic heterocycles. The number of nitrogens with one attached hydrogen (secondary N) is 1. The Hall–Kier alpha value is -2.58. The van der Waals surface area contributed by atoms with Gasteiger partial charge in [-0.3, -0.25) is 20.2 Å². The SMILES string of the molecule is O=C(Nc1nc2c(s1)CCc1ccccc1-2)c1ccc([N+](=O)[O-])s1. The normalized spacial score (nSPS) is 12.3. The Kier molecular flexibility index (Phi) is 3.62. The number of fused-ring (bicyclic) bond motifs is 3. The third-order valence-electron chi connectivity index (χ3n) is 3.81. The van der Waals surface area contributed by atoms with Crippen molar-refractivity contribution in [3.8, 4) is 11.3 Å². The molecule has 6 nitrogen and oxygen atoms in total. The van der Waals surface area contributed by atoms with Gasteiger partial charge in [0.05, 0.1) is 15.5 Å². The number of aryl methyl sites for hydroxylation is 2. The van der Waals surface area contributed by atoms with Gasteiger partial charge in [-0.15, -0.1) is 11.3 Å². The van der Waals surface area contributed by atoms with E-state index in [9.17, 15) is 14.9 Å². The summed E-state index contributed by atoms with van der Waals surface area (Å²) in [6.45, 7) is 0. The van der Waals surface area contributed by atoms with Gasteiger partial charge in [-0.05, 0) is 24.5 Å². The monoisotopic (exact) mass is 357 g/mol. The molecule has 0 radical (unpaired) electrons. The van der Waals surface area contributed by atoms with Crippen molar-refractivity contribution in [2.45, 2.75) is 12.8 Å². The average Bonchev–Trinajstić information content (AvgIpc) is 3.21. The van der Waals surface area contributed by atoms with Crippen molar-refractivity contribution in [2.24, 2.45) is 0 Å². The molecule has 24 heavy (non-hydrogen) atoms. The Morgan fingerprint density at radius 2 is 2.00 bits per heavy atom. The van der Waals surface area contributed by atoms with Crippen molar-refractivity contribution in [1.29, 1.82) is 0 Å². The van der Waals surface area contributed by atoms with Crippen LogP contribution in [-0.4, -0.2) is 15.8 Å². The van der Waals surface area contributed by atoms with Crippen LogP contribution in [0.15, 0.2) is 36.4 Å². The Labute approximate surface area is 144 Å². The Morgan fingerprint density at radius 1 is 1.17 bits per heavy atom. The maximum Gasteiger partial charge on any atom is 0.324 e. The lowest BCUT2D eigenvalue weighted by Crippen LogP contribution is -2.09. The van der Waals surface area contributed by atoms with E-state index in [1.807, 2.05) is 18.2 Å². The third kappa shape index (κ3) is 2.59. The van der Waals surface area contributed by atoms with Crippen molar-refractivity contribution in [1.82, 2.24) is 4.98 Å². The first kappa shape index (κ1) is 15.0. The van der Waals surface area contributed by atoms with Crippen LogP contribution >= 0.6 is 22.7 Å². The fourth-order valence-corrected chi connectivity index (χ4v) is 4.40. The quantitative estimate of drug-likeness (QED) is 0.564. The molecule has 0 saturated carbocycles. The zero-order chi connectivity index (χ0) is 16.7. The van der Waals surface area contributed by atoms with Gasteiger partial charge in [0, 0.05) is 16.5 Å². The maximum absolute atomic E-state index is 12.3. The van der Waals surface area contributed by atoms with E-state index < -0.39 is 4.92 Å². The van der Waals surface area contributed by atoms with E-state index in [2.05, 4.69) is 16.4 Å². The Balaban J connectivity index is 1.59. The zero-order valence-corrected chi connectivity index (χ0v) is 13.9. The average molecular weight is 357 g/mol. The second-order valence-electron chi connectivity index (χ2n) is 5.30. The van der Waals surface area contributed by atoms with Gasteiger partial charge in [-0.2, -0.15) is 0 Å². The molecule has 2 heterocycles. The van der Waals surface area contributed by atoms with E-state index in [-0.39, 0.29) is 10.9 Å². The standard InChI is InChI=1S/C16H11N3O3S2/c20-15(12-7-8-13(23-12)19(21)22)18-16-17-14-10-4-2-1-3-9(10)5-6-11(14)24-16/h1-4,7-8H,5-6H2,(H,17,18,20). The molecular weight excluding hydrogens is 346 g/mol. The summed E-state index contributed by atoms with van der Waals surface area (Å²) in [7, 11) is 0. The van der Waals surface area contributed by atoms with Crippen molar-refractivity contribution in [3.05, 3.63) is 61.8 Å². The number of benzene rings is 1. The first-order valence-electron chi connectivity index (χ1n) is 7.25. The smallest absolute Gasteiger partial charge is 0.297 e. The first-order valence-corrected chi connectivity index (χ1v) is 8.88. The molecular formula is C16H11N3O3S2. The minimum Gasteiger partial charge on any atom is -0.297 e. The molecule has 4 rings (SSSR count). The summed E-state index contributed by atoms with van der Waals surface area (Å²) < 4.78 is 0. The van der Waals surface area contributed by atoms with Crippen LogP contribution in [0.4, 0.5) is 10.1 Å². The summed E-state index contributed by atoms with van der Waals surface area (Å²) in [5, 5.41) is 14.0. The number of hydrogen-bond donors (Lipinski definition) is 1. The van der Waals surface area contributed by atoms with E-state index in [1.54, 1.807) is 0 Å². The van der Waals surface area contributed by atoms with Crippen LogP contribution in [-0.2, 0) is 12.8 Å². The topological polar surface area (TPSA) is 85.1 Å². The number of thiazole rings is 1. The van der Waals surface area contributed by atoms with Gasteiger partial charge in [0.15, 0.2) is 5.13 Å². The molecule has 3 aromatic rings. The molecule has 0 fully saturated rings. The Bertz CT molecular complexity index is 961. The number of carbonyl (C=O) groups is 1. The molecule has 1 amide bonds. The van der Waals surface area contributed by atoms with Gasteiger partial charge < -0.3 is 0 Å². The van der Waals surface area contributed by atoms with Crippen LogP contribution in [0.5, 0.6) is 0 Å². The van der Waals surface area contributed by atoms with Gasteiger partial charge in [0.1, 0.15) is 0 Å². The van der Waals surface area contributed by atoms with Gasteiger partial charge in [-0.1, -0.05) is 35.6 Å². The second-order valence-corrected chi connectivity index (χ2v) is 7.44. The summed E-state index contributed by atoms with van der Waals surface area (Å²) >= 11 is 2.32. The number of carbonyl (C=O) groups excluding carboxylic acids is 1. The molecule has 1 aromatic carbocycles. The van der Waals surface area contributed by atoms with Crippen molar-refractivity contribution >= 4 is 38.7 Å². The molecule has 0 atom stereocenters. The fraction of sp³-hybridized carbons (Fsp3) is 0.125. The van der Waals surface area contributed by atoms with E-state index >= 15 is 0 Å². The highest BCUT2D eigenvalue weighted by molar-refractivity contribution is 7.18. The molecule has 8 heteroatoms. The van der Waals surface area contributed by atoms with E-state index in [0.717, 1.165) is 40.3 Å². The molecule has 1 aliphatic rings. The van der Waals surface area contributed by atoms with E-state index in [1.165, 1.54) is 29.0 Å². The van der Waals surface area contributed by atoms with Crippen LogP contribution in [0.2, 0.25) is 0 Å². The molecule has 1 aliphatic carbocycles. The predicted octanol–water partition coefficient (Wildman–Crippen LogP) is 4.13. The van der Waals surface area contributed by atoms with Crippen LogP contribution in [0.3, 0.4) is 0 Å². The zero-order valence-electron chi connectivity index (χ0n) is 12.3. The maximum atomic E-state index is 12.3. The Morgan fingerprint density at radius 3 is 2.79 bits per heavy atom. The highest BCUT2D eigenvalue weighted by Gasteiger charge is 2.22. The second kappa shape index (κ2) is 5.81. The minimum absolute atomic E-state index is 0.0486. The van der Waals surface area contributed by atoms with E-state index in [4.69, 9.17) is 0 Å². The van der Waals surface area contributed by atoms with Gasteiger partial charge in [0.25, 0.3) is 5.91 Å². The third-order valence-corrected chi connectivity index (χ3v) is 5.87. The number of hydrogen-bond acceptors (Lipinski definition) is 6. The summed E-state index contributed by atoms with van der Waals surface area (Å²) in [4.78, 5) is 28.5. The molecule has 120 valence electrons. The lowest BCUT2D eigenvalue weighted by atomic mass is 9.94. The molecule has 0 unspecified atom stereocenters. The summed E-state index contributed by atoms with van der Waals surface area (Å²) in [5.41, 5.74) is 3.30. The van der Waals surface area contributed by atoms with Crippen LogP contribution < -0.4 is 5.32 Å². The van der Waals surface area contributed by atoms with E-state index in [0.29, 0.717) is 10.0 Å². The van der Waals surface area contributed by atoms with Gasteiger partial charge in [-0.25, -0.2) is 4.98 Å². The summed E-state index contributed by atoms with van der Waals surface area (Å²) in [6, 6.07) is 10.9. The van der Waals surface area contributed by atoms with Crippen molar-refractivity contribution < 1.29 is 9.72 Å². The number of thiophene rings is 1. The number of anilines is 1. The van der Waals surface area contributed by atoms with Crippen LogP contribution in [0, 0.1) is 10.1 Å². The highest BCUT2D eigenvalue weighted by atomic mass is 32.1. The van der Waals surface area contributed by atoms with Gasteiger partial charge >= 0.3 is 5.00 Å². The molecule has 0 saturated heterocycles. The largest absolute Gasteiger partial charge is 0.324 e. The minimum atomic E-state index is -0.500. The number of nitrogens with zero attached hydrogens (tertiary/aromatic N) is 2. The fourth-order valence-electron chi connectivity index (χ4n) is 2.71. The van der Waals surface area contributed by atoms with Gasteiger partial charge in [0.2, 0.25) is 0 Å². The lowest BCUT2D eigenvalue weighted by molar-refractivity contribution is -0.380. The number of rotatable bonds is 3. The molecule has 1 N–H and O–H groups in total. The molecule has 0 spiro atoms. The lowest BCUT2D eigenvalue weighted by Gasteiger charge is -2.13. The molecule has 0 bridgehead atoms. The van der Waals surface area contributed by atoms with Crippen LogP contribution in [0.25, 0.3) is 11.3 Å². The number of amides is 1. The number of nitro groups is 1. The van der Waals surface area contributed by atoms with Crippen molar-refractivity contribution in [3.63, 3.8) is 0 Å². The molecule has 0 aliphatic heterocycles. The van der Waals surface area contributed by atoms with Crippen molar-refractivity contribution in [2.75, 3.05) is 5.32 Å². The summed E-state index contributed by atoms with van der Waals surface area (Å²) in [5.74, 6) is -0.368. The number of aromatic nitrogens is 1. The van der Waals surface area contributed by atoms with Crippen LogP contribution in [0.1, 0.15) is 20.1 Å². The summed E-state index contributed by atoms with van der Waals surface area (Å²) in [6.07, 6.45) is 1.88. The first-order chi connectivity index (χ1) is 11.6. The highest BCUT2D eigenvalue weighted by Crippen LogP contribution is 2.38.